The number of nitrogens with zero attached hydrogens (tertiary/aromatic N) is 3. The number of nitrogen functional groups attached to an aromatic ring is 1. The van der Waals surface area contributed by atoms with E-state index in [-0.39, 0.29) is 0 Å². The molecule has 56 valence electrons. The molecule has 0 saturated heterocycles. The summed E-state index contributed by atoms with van der Waals surface area (Å²) < 4.78 is 0. The van der Waals surface area contributed by atoms with Gasteiger partial charge in [-0.2, -0.15) is 0 Å². The number of aliphatic imine (C=N–C) groups is 2. The Morgan fingerprint density at radius 3 is 2.55 bits per heavy atom. The van der Waals surface area contributed by atoms with Crippen LogP contribution in [0.2, 0.25) is 0 Å². The van der Waals surface area contributed by atoms with Crippen LogP contribution in [0.25, 0.3) is 0 Å². The van der Waals surface area contributed by atoms with Crippen molar-refractivity contribution in [3.05, 3.63) is 12.3 Å². The van der Waals surface area contributed by atoms with E-state index < -0.39 is 0 Å². The van der Waals surface area contributed by atoms with Crippen LogP contribution in [0.5, 0.6) is 0 Å². The van der Waals surface area contributed by atoms with Crippen LogP contribution in [-0.2, 0) is 0 Å². The van der Waals surface area contributed by atoms with E-state index in [1.807, 2.05) is 0 Å². The Morgan fingerprint density at radius 1 is 1.36 bits per heavy atom. The minimum Gasteiger partial charge on any atom is -0.382 e. The van der Waals surface area contributed by atoms with Crippen LogP contribution < -0.4 is 5.73 Å². The highest BCUT2D eigenvalue weighted by Crippen LogP contribution is 2.30. The summed E-state index contributed by atoms with van der Waals surface area (Å²) >= 11 is 0. The smallest absolute Gasteiger partial charge is 0.151 e. The van der Waals surface area contributed by atoms with E-state index >= 15 is 0 Å². The van der Waals surface area contributed by atoms with Gasteiger partial charge in [-0.05, 0) is 19.5 Å². The third kappa shape index (κ3) is 1.24. The fourth-order valence-electron chi connectivity index (χ4n) is 0.749. The minimum absolute atomic E-state index is 0.324. The first-order chi connectivity index (χ1) is 5.29. The maximum absolute atomic E-state index is 5.47. The van der Waals surface area contributed by atoms with Crippen molar-refractivity contribution in [2.75, 3.05) is 5.73 Å². The van der Waals surface area contributed by atoms with Gasteiger partial charge in [0.25, 0.3) is 0 Å². The molecular formula is C7H8N4. The van der Waals surface area contributed by atoms with E-state index in [1.54, 1.807) is 12.3 Å². The molecule has 0 aliphatic rings. The van der Waals surface area contributed by atoms with Crippen LogP contribution in [0.1, 0.15) is 0 Å². The summed E-state index contributed by atoms with van der Waals surface area (Å²) in [6, 6.07) is 1.67. The van der Waals surface area contributed by atoms with Crippen molar-refractivity contribution >= 4 is 30.6 Å². The highest BCUT2D eigenvalue weighted by molar-refractivity contribution is 5.75. The summed E-state index contributed by atoms with van der Waals surface area (Å²) in [6.07, 6.45) is 1.55. The van der Waals surface area contributed by atoms with Gasteiger partial charge >= 0.3 is 0 Å². The van der Waals surface area contributed by atoms with Gasteiger partial charge in [0.05, 0.1) is 5.69 Å². The van der Waals surface area contributed by atoms with Crippen molar-refractivity contribution in [1.29, 1.82) is 0 Å². The zero-order valence-electron chi connectivity index (χ0n) is 5.99. The van der Waals surface area contributed by atoms with Crippen LogP contribution in [0, 0.1) is 0 Å². The lowest BCUT2D eigenvalue weighted by atomic mass is 10.3. The highest BCUT2D eigenvalue weighted by Gasteiger charge is 2.01. The molecule has 1 aromatic rings. The molecule has 0 aliphatic heterocycles. The standard InChI is InChI=1S/C7H8N4/c1-9-5-3-4-11-7(8)6(5)10-2/h3-4H,1-2H2,(H2,8,11). The average molecular weight is 148 g/mol. The fraction of sp³-hybridized carbons (Fsp3) is 0. The molecule has 0 fully saturated rings. The van der Waals surface area contributed by atoms with Gasteiger partial charge in [-0.15, -0.1) is 0 Å². The lowest BCUT2D eigenvalue weighted by Crippen LogP contribution is -1.88. The van der Waals surface area contributed by atoms with E-state index in [9.17, 15) is 0 Å². The van der Waals surface area contributed by atoms with Gasteiger partial charge in [0, 0.05) is 6.20 Å². The van der Waals surface area contributed by atoms with Crippen molar-refractivity contribution in [2.24, 2.45) is 9.98 Å². The summed E-state index contributed by atoms with van der Waals surface area (Å²) in [5, 5.41) is 0. The van der Waals surface area contributed by atoms with Crippen LogP contribution in [0.4, 0.5) is 17.2 Å². The number of anilines is 1. The summed E-state index contributed by atoms with van der Waals surface area (Å²) in [7, 11) is 0. The third-order valence-electron chi connectivity index (χ3n) is 1.26. The molecule has 0 atom stereocenters. The molecule has 2 N–H and O–H groups in total. The van der Waals surface area contributed by atoms with E-state index in [0.717, 1.165) is 0 Å². The first-order valence-electron chi connectivity index (χ1n) is 2.97. The largest absolute Gasteiger partial charge is 0.382 e. The molecule has 4 nitrogen and oxygen atoms in total. The Hall–Kier alpha value is -1.71. The number of aromatic nitrogens is 1. The maximum atomic E-state index is 5.47. The van der Waals surface area contributed by atoms with E-state index in [1.165, 1.54) is 0 Å². The van der Waals surface area contributed by atoms with Crippen molar-refractivity contribution in [3.8, 4) is 0 Å². The molecule has 0 unspecified atom stereocenters. The molecule has 0 aliphatic carbocycles. The predicted molar refractivity (Wildman–Crippen MR) is 47.1 cm³/mol. The van der Waals surface area contributed by atoms with Crippen molar-refractivity contribution in [2.45, 2.75) is 0 Å². The van der Waals surface area contributed by atoms with Crippen molar-refractivity contribution in [3.63, 3.8) is 0 Å². The van der Waals surface area contributed by atoms with Gasteiger partial charge < -0.3 is 5.73 Å². The van der Waals surface area contributed by atoms with E-state index in [0.29, 0.717) is 17.2 Å². The van der Waals surface area contributed by atoms with Gasteiger partial charge in [0.1, 0.15) is 5.69 Å². The van der Waals surface area contributed by atoms with Crippen LogP contribution in [-0.4, -0.2) is 18.4 Å². The van der Waals surface area contributed by atoms with E-state index in [2.05, 4.69) is 28.4 Å². The number of hydrogen-bond acceptors (Lipinski definition) is 4. The molecule has 1 heterocycles. The SMILES string of the molecule is C=Nc1ccnc(N)c1N=C. The quantitative estimate of drug-likeness (QED) is 0.643. The monoisotopic (exact) mass is 148 g/mol. The Bertz CT molecular complexity index is 292. The number of rotatable bonds is 2. The van der Waals surface area contributed by atoms with Gasteiger partial charge in [-0.3, -0.25) is 9.98 Å². The number of hydrogen-bond donors (Lipinski definition) is 1. The average Bonchev–Trinajstić information content (AvgIpc) is 2.04. The normalized spacial score (nSPS) is 9.09. The van der Waals surface area contributed by atoms with Gasteiger partial charge in [-0.1, -0.05) is 0 Å². The molecule has 0 spiro atoms. The lowest BCUT2D eigenvalue weighted by Gasteiger charge is -1.99. The van der Waals surface area contributed by atoms with Crippen molar-refractivity contribution < 1.29 is 0 Å². The van der Waals surface area contributed by atoms with Gasteiger partial charge in [-0.25, -0.2) is 4.98 Å². The molecule has 1 rings (SSSR count). The second kappa shape index (κ2) is 2.92. The van der Waals surface area contributed by atoms with E-state index in [4.69, 9.17) is 5.73 Å². The molecule has 0 bridgehead atoms. The number of nitrogens with two attached hydrogens (primary N) is 1. The second-order valence-corrected chi connectivity index (χ2v) is 1.88. The third-order valence-corrected chi connectivity index (χ3v) is 1.26. The Morgan fingerprint density at radius 2 is 2.09 bits per heavy atom. The first-order valence-corrected chi connectivity index (χ1v) is 2.97. The second-order valence-electron chi connectivity index (χ2n) is 1.88. The Balaban J connectivity index is 3.35. The fourth-order valence-corrected chi connectivity index (χ4v) is 0.749. The molecule has 1 aromatic heterocycles. The molecule has 0 saturated carbocycles. The highest BCUT2D eigenvalue weighted by atomic mass is 14.9. The zero-order chi connectivity index (χ0) is 8.27. The molecule has 11 heavy (non-hydrogen) atoms. The predicted octanol–water partition coefficient (Wildman–Crippen LogP) is 1.33. The summed E-state index contributed by atoms with van der Waals surface area (Å²) in [6.45, 7) is 6.70. The maximum Gasteiger partial charge on any atom is 0.151 e. The number of pyridine rings is 1. The summed E-state index contributed by atoms with van der Waals surface area (Å²) in [4.78, 5) is 11.2. The molecule has 0 amide bonds. The van der Waals surface area contributed by atoms with Crippen LogP contribution in [0.3, 0.4) is 0 Å². The molecular weight excluding hydrogens is 140 g/mol. The Kier molecular flexibility index (Phi) is 1.96. The van der Waals surface area contributed by atoms with Crippen LogP contribution in [0.15, 0.2) is 22.2 Å². The summed E-state index contributed by atoms with van der Waals surface area (Å²) in [5.41, 5.74) is 6.57. The molecule has 0 aromatic carbocycles. The summed E-state index contributed by atoms with van der Waals surface area (Å²) in [5.74, 6) is 0.324. The van der Waals surface area contributed by atoms with Crippen LogP contribution >= 0.6 is 0 Å². The topological polar surface area (TPSA) is 63.6 Å². The molecule has 0 radical (unpaired) electrons. The van der Waals surface area contributed by atoms with Gasteiger partial charge in [0.2, 0.25) is 0 Å². The Labute approximate surface area is 64.5 Å². The van der Waals surface area contributed by atoms with Gasteiger partial charge in [0.15, 0.2) is 5.82 Å². The zero-order valence-corrected chi connectivity index (χ0v) is 5.99. The first kappa shape index (κ1) is 7.40. The minimum atomic E-state index is 0.324. The van der Waals surface area contributed by atoms with Crippen molar-refractivity contribution in [1.82, 2.24) is 4.98 Å². The lowest BCUT2D eigenvalue weighted by molar-refractivity contribution is 1.30. The molecule has 4 heteroatoms.